The summed E-state index contributed by atoms with van der Waals surface area (Å²) in [6, 6.07) is 7.81. The van der Waals surface area contributed by atoms with Gasteiger partial charge in [0.1, 0.15) is 5.75 Å². The highest BCUT2D eigenvalue weighted by Crippen LogP contribution is 2.30. The van der Waals surface area contributed by atoms with Crippen molar-refractivity contribution in [2.45, 2.75) is 51.5 Å². The van der Waals surface area contributed by atoms with Gasteiger partial charge in [-0.2, -0.15) is 4.31 Å². The summed E-state index contributed by atoms with van der Waals surface area (Å²) >= 11 is 0. The Morgan fingerprint density at radius 3 is 2.32 bits per heavy atom. The van der Waals surface area contributed by atoms with Crippen molar-refractivity contribution in [3.8, 4) is 5.75 Å². The first kappa shape index (κ1) is 24.7. The summed E-state index contributed by atoms with van der Waals surface area (Å²) in [5, 5.41) is 2.68. The molecule has 0 fully saturated rings. The predicted octanol–water partition coefficient (Wildman–Crippen LogP) is 4.35. The summed E-state index contributed by atoms with van der Waals surface area (Å²) in [6.07, 6.45) is 0.00291. The van der Waals surface area contributed by atoms with Gasteiger partial charge in [-0.05, 0) is 56.2 Å². The highest BCUT2D eigenvalue weighted by atomic mass is 32.2. The van der Waals surface area contributed by atoms with E-state index >= 15 is 0 Å². The van der Waals surface area contributed by atoms with Crippen LogP contribution in [0.5, 0.6) is 5.75 Å². The fraction of sp³-hybridized carbons (Fsp3) is 0.409. The number of halogens is 2. The largest absolute Gasteiger partial charge is 0.489 e. The van der Waals surface area contributed by atoms with Crippen LogP contribution in [0.4, 0.5) is 14.5 Å². The molecule has 6 nitrogen and oxygen atoms in total. The van der Waals surface area contributed by atoms with E-state index in [0.29, 0.717) is 24.4 Å². The van der Waals surface area contributed by atoms with Crippen LogP contribution in [0.2, 0.25) is 0 Å². The van der Waals surface area contributed by atoms with Gasteiger partial charge in [-0.1, -0.05) is 19.9 Å². The van der Waals surface area contributed by atoms with Crippen molar-refractivity contribution in [2.75, 3.05) is 18.4 Å². The minimum absolute atomic E-state index is 0.000780. The quantitative estimate of drug-likeness (QED) is 0.579. The lowest BCUT2D eigenvalue weighted by Gasteiger charge is -2.20. The van der Waals surface area contributed by atoms with Gasteiger partial charge in [0.05, 0.1) is 16.7 Å². The van der Waals surface area contributed by atoms with E-state index in [9.17, 15) is 22.0 Å². The Morgan fingerprint density at radius 2 is 1.74 bits per heavy atom. The molecule has 170 valence electrons. The van der Waals surface area contributed by atoms with Crippen molar-refractivity contribution < 1.29 is 26.7 Å². The molecule has 0 heterocycles. The van der Waals surface area contributed by atoms with Crippen molar-refractivity contribution in [3.05, 3.63) is 53.6 Å². The summed E-state index contributed by atoms with van der Waals surface area (Å²) in [7, 11) is -3.72. The molecule has 1 amide bonds. The van der Waals surface area contributed by atoms with E-state index in [2.05, 4.69) is 5.32 Å². The Bertz CT molecular complexity index is 1020. The van der Waals surface area contributed by atoms with Gasteiger partial charge in [-0.25, -0.2) is 17.2 Å². The molecule has 2 aromatic rings. The highest BCUT2D eigenvalue weighted by molar-refractivity contribution is 7.89. The average molecular weight is 455 g/mol. The van der Waals surface area contributed by atoms with E-state index in [1.807, 2.05) is 13.8 Å². The van der Waals surface area contributed by atoms with Crippen molar-refractivity contribution in [1.82, 2.24) is 4.31 Å². The molecule has 0 spiro atoms. The zero-order chi connectivity index (χ0) is 23.2. The molecule has 0 aliphatic heterocycles. The van der Waals surface area contributed by atoms with E-state index in [0.717, 1.165) is 12.1 Å². The van der Waals surface area contributed by atoms with Gasteiger partial charge >= 0.3 is 0 Å². The zero-order valence-corrected chi connectivity index (χ0v) is 18.9. The number of anilines is 1. The summed E-state index contributed by atoms with van der Waals surface area (Å²) in [5.41, 5.74) is 0.711. The summed E-state index contributed by atoms with van der Waals surface area (Å²) in [5.74, 6) is -1.99. The van der Waals surface area contributed by atoms with E-state index in [1.54, 1.807) is 13.8 Å². The fourth-order valence-electron chi connectivity index (χ4n) is 3.00. The summed E-state index contributed by atoms with van der Waals surface area (Å²) < 4.78 is 59.1. The van der Waals surface area contributed by atoms with E-state index < -0.39 is 27.6 Å². The molecule has 9 heteroatoms. The number of rotatable bonds is 10. The molecule has 0 radical (unpaired) electrons. The van der Waals surface area contributed by atoms with Gasteiger partial charge in [0.15, 0.2) is 11.6 Å². The topological polar surface area (TPSA) is 75.7 Å². The standard InChI is InChI=1S/C22H28F2N2O4S/c1-5-26(6-2)31(28,29)17-9-11-21(30-15(3)4)20(14-17)25-22(27)12-8-16-7-10-18(23)19(24)13-16/h7,9-11,13-15H,5-6,8,12H2,1-4H3,(H,25,27). The second-order valence-corrected chi connectivity index (χ2v) is 9.15. The molecule has 0 saturated heterocycles. The van der Waals surface area contributed by atoms with Crippen molar-refractivity contribution in [3.63, 3.8) is 0 Å². The number of nitrogens with zero attached hydrogens (tertiary/aromatic N) is 1. The van der Waals surface area contributed by atoms with Crippen molar-refractivity contribution >= 4 is 21.6 Å². The predicted molar refractivity (Wildman–Crippen MR) is 116 cm³/mol. The minimum Gasteiger partial charge on any atom is -0.489 e. The number of carbonyl (C=O) groups is 1. The van der Waals surface area contributed by atoms with Crippen LogP contribution < -0.4 is 10.1 Å². The number of hydrogen-bond acceptors (Lipinski definition) is 4. The molecule has 0 aliphatic rings. The van der Waals surface area contributed by atoms with Crippen LogP contribution in [0.15, 0.2) is 41.3 Å². The van der Waals surface area contributed by atoms with E-state index in [4.69, 9.17) is 4.74 Å². The van der Waals surface area contributed by atoms with Gasteiger partial charge in [0, 0.05) is 19.5 Å². The van der Waals surface area contributed by atoms with E-state index in [-0.39, 0.29) is 29.5 Å². The Balaban J connectivity index is 2.25. The average Bonchev–Trinajstić information content (AvgIpc) is 2.70. The Kier molecular flexibility index (Phi) is 8.52. The summed E-state index contributed by atoms with van der Waals surface area (Å²) in [6.45, 7) is 7.76. The molecular formula is C22H28F2N2O4S. The minimum atomic E-state index is -3.72. The van der Waals surface area contributed by atoms with Crippen LogP contribution in [-0.2, 0) is 21.2 Å². The van der Waals surface area contributed by atoms with Crippen LogP contribution in [0.25, 0.3) is 0 Å². The monoisotopic (exact) mass is 454 g/mol. The van der Waals surface area contributed by atoms with Gasteiger partial charge in [0.25, 0.3) is 0 Å². The highest BCUT2D eigenvalue weighted by Gasteiger charge is 2.23. The maximum absolute atomic E-state index is 13.4. The number of carbonyl (C=O) groups excluding carboxylic acids is 1. The maximum Gasteiger partial charge on any atom is 0.243 e. The van der Waals surface area contributed by atoms with Crippen molar-refractivity contribution in [1.29, 1.82) is 0 Å². The Morgan fingerprint density at radius 1 is 1.06 bits per heavy atom. The number of hydrogen-bond donors (Lipinski definition) is 1. The number of amides is 1. The first-order valence-electron chi connectivity index (χ1n) is 10.1. The molecule has 31 heavy (non-hydrogen) atoms. The van der Waals surface area contributed by atoms with Gasteiger partial charge in [-0.3, -0.25) is 4.79 Å². The number of ether oxygens (including phenoxy) is 1. The molecule has 1 N–H and O–H groups in total. The van der Waals surface area contributed by atoms with Crippen LogP contribution in [-0.4, -0.2) is 37.8 Å². The first-order chi connectivity index (χ1) is 14.6. The fourth-order valence-corrected chi connectivity index (χ4v) is 4.49. The SMILES string of the molecule is CCN(CC)S(=O)(=O)c1ccc(OC(C)C)c(NC(=O)CCc2ccc(F)c(F)c2)c1. The first-order valence-corrected chi connectivity index (χ1v) is 11.6. The van der Waals surface area contributed by atoms with Gasteiger partial charge in [0.2, 0.25) is 15.9 Å². The van der Waals surface area contributed by atoms with Crippen LogP contribution in [0.3, 0.4) is 0 Å². The van der Waals surface area contributed by atoms with Crippen LogP contribution in [0, 0.1) is 11.6 Å². The number of nitrogens with one attached hydrogen (secondary N) is 1. The lowest BCUT2D eigenvalue weighted by Crippen LogP contribution is -2.30. The van der Waals surface area contributed by atoms with Gasteiger partial charge in [-0.15, -0.1) is 0 Å². The zero-order valence-electron chi connectivity index (χ0n) is 18.1. The number of benzene rings is 2. The third kappa shape index (κ3) is 6.48. The molecule has 0 aromatic heterocycles. The molecule has 2 aromatic carbocycles. The number of aryl methyl sites for hydroxylation is 1. The second-order valence-electron chi connectivity index (χ2n) is 7.21. The third-order valence-electron chi connectivity index (χ3n) is 4.56. The second kappa shape index (κ2) is 10.7. The maximum atomic E-state index is 13.4. The molecule has 0 aliphatic carbocycles. The lowest BCUT2D eigenvalue weighted by atomic mass is 10.1. The van der Waals surface area contributed by atoms with E-state index in [1.165, 1.54) is 28.6 Å². The molecule has 0 atom stereocenters. The van der Waals surface area contributed by atoms with Gasteiger partial charge < -0.3 is 10.1 Å². The van der Waals surface area contributed by atoms with Crippen LogP contribution >= 0.6 is 0 Å². The lowest BCUT2D eigenvalue weighted by molar-refractivity contribution is -0.116. The molecule has 0 saturated carbocycles. The number of sulfonamides is 1. The smallest absolute Gasteiger partial charge is 0.243 e. The Hall–Kier alpha value is -2.52. The van der Waals surface area contributed by atoms with Crippen molar-refractivity contribution in [2.24, 2.45) is 0 Å². The summed E-state index contributed by atoms with van der Waals surface area (Å²) in [4.78, 5) is 12.5. The normalized spacial score (nSPS) is 11.7. The molecular weight excluding hydrogens is 426 g/mol. The van der Waals surface area contributed by atoms with Crippen LogP contribution in [0.1, 0.15) is 39.7 Å². The molecule has 0 bridgehead atoms. The molecule has 0 unspecified atom stereocenters. The molecule has 2 rings (SSSR count). The Labute approximate surface area is 182 Å². The third-order valence-corrected chi connectivity index (χ3v) is 6.60.